The van der Waals surface area contributed by atoms with E-state index in [0.717, 1.165) is 51.4 Å². The molecule has 1 N–H and O–H groups in total. The number of hydrogen-bond donors (Lipinski definition) is 1. The Labute approximate surface area is 224 Å². The van der Waals surface area contributed by atoms with Crippen molar-refractivity contribution in [2.75, 3.05) is 7.11 Å². The Morgan fingerprint density at radius 3 is 2.30 bits per heavy atom. The zero-order valence-corrected chi connectivity index (χ0v) is 24.5. The van der Waals surface area contributed by atoms with Gasteiger partial charge in [0.05, 0.1) is 18.6 Å². The first-order valence-electron chi connectivity index (χ1n) is 14.7. The van der Waals surface area contributed by atoms with Gasteiger partial charge in [0.1, 0.15) is 6.10 Å². The van der Waals surface area contributed by atoms with E-state index in [2.05, 4.69) is 54.5 Å². The monoisotopic (exact) mass is 514 g/mol. The molecule has 0 spiro atoms. The van der Waals surface area contributed by atoms with Crippen molar-refractivity contribution in [3.05, 3.63) is 11.6 Å². The largest absolute Gasteiger partial charge is 0.469 e. The van der Waals surface area contributed by atoms with Gasteiger partial charge in [-0.15, -0.1) is 0 Å². The smallest absolute Gasteiger partial charge is 0.312 e. The lowest BCUT2D eigenvalue weighted by Gasteiger charge is -2.71. The van der Waals surface area contributed by atoms with Crippen molar-refractivity contribution >= 4 is 12.4 Å². The molecular formula is C32H50O5. The summed E-state index contributed by atoms with van der Waals surface area (Å²) < 4.78 is 11.0. The molecule has 37 heavy (non-hydrogen) atoms. The van der Waals surface area contributed by atoms with Crippen molar-refractivity contribution < 1.29 is 24.2 Å². The lowest BCUT2D eigenvalue weighted by Crippen LogP contribution is -2.67. The molecule has 0 amide bonds. The Hall–Kier alpha value is -1.36. The molecule has 4 saturated carbocycles. The highest BCUT2D eigenvalue weighted by Gasteiger charge is 2.70. The molecule has 5 aliphatic carbocycles. The summed E-state index contributed by atoms with van der Waals surface area (Å²) in [6.07, 6.45) is 10.2. The molecule has 5 heteroatoms. The van der Waals surface area contributed by atoms with Gasteiger partial charge in [0.15, 0.2) is 0 Å². The van der Waals surface area contributed by atoms with E-state index >= 15 is 0 Å². The summed E-state index contributed by atoms with van der Waals surface area (Å²) >= 11 is 0. The van der Waals surface area contributed by atoms with Gasteiger partial charge < -0.3 is 14.6 Å². The Bertz CT molecular complexity index is 997. The fraction of sp³-hybridized carbons (Fsp3) is 0.875. The second kappa shape index (κ2) is 8.32. The third-order valence-corrected chi connectivity index (χ3v) is 13.3. The van der Waals surface area contributed by atoms with Gasteiger partial charge in [0, 0.05) is 5.41 Å². The maximum absolute atomic E-state index is 13.4. The average molecular weight is 515 g/mol. The normalized spacial score (nSPS) is 49.8. The lowest BCUT2D eigenvalue weighted by atomic mass is 9.33. The predicted octanol–water partition coefficient (Wildman–Crippen LogP) is 6.47. The number of aliphatic hydroxyl groups is 1. The summed E-state index contributed by atoms with van der Waals surface area (Å²) in [5.74, 6) is 1.04. The molecule has 0 heterocycles. The van der Waals surface area contributed by atoms with E-state index in [0.29, 0.717) is 24.7 Å². The molecule has 4 fully saturated rings. The van der Waals surface area contributed by atoms with Gasteiger partial charge in [-0.05, 0) is 97.2 Å². The molecule has 0 aliphatic heterocycles. The Morgan fingerprint density at radius 2 is 1.65 bits per heavy atom. The van der Waals surface area contributed by atoms with Crippen molar-refractivity contribution in [1.29, 1.82) is 0 Å². The quantitative estimate of drug-likeness (QED) is 0.265. The van der Waals surface area contributed by atoms with Crippen molar-refractivity contribution in [3.8, 4) is 0 Å². The van der Waals surface area contributed by atoms with E-state index in [1.54, 1.807) is 7.11 Å². The van der Waals surface area contributed by atoms with Crippen molar-refractivity contribution in [1.82, 2.24) is 0 Å². The summed E-state index contributed by atoms with van der Waals surface area (Å²) in [4.78, 5) is 24.7. The molecule has 0 saturated heterocycles. The molecule has 0 bridgehead atoms. The second-order valence-electron chi connectivity index (χ2n) is 15.6. The molecule has 0 unspecified atom stereocenters. The van der Waals surface area contributed by atoms with E-state index in [1.165, 1.54) is 5.57 Å². The van der Waals surface area contributed by atoms with Crippen LogP contribution in [0.1, 0.15) is 106 Å². The summed E-state index contributed by atoms with van der Waals surface area (Å²) in [6.45, 7) is 17.1. The highest BCUT2D eigenvalue weighted by Crippen LogP contribution is 2.75. The van der Waals surface area contributed by atoms with Crippen LogP contribution in [0, 0.1) is 50.2 Å². The van der Waals surface area contributed by atoms with Gasteiger partial charge in [-0.3, -0.25) is 9.59 Å². The van der Waals surface area contributed by atoms with Crippen molar-refractivity contribution in [2.24, 2.45) is 50.2 Å². The highest BCUT2D eigenvalue weighted by atomic mass is 16.5. The number of carbonyl (C=O) groups is 2. The molecule has 0 aromatic carbocycles. The highest BCUT2D eigenvalue weighted by molar-refractivity contribution is 5.78. The van der Waals surface area contributed by atoms with Crippen LogP contribution >= 0.6 is 0 Å². The zero-order valence-electron chi connectivity index (χ0n) is 24.5. The first-order valence-corrected chi connectivity index (χ1v) is 14.7. The third kappa shape index (κ3) is 3.44. The molecule has 5 rings (SSSR count). The standard InChI is InChI=1S/C32H50O5/c1-27(2)13-15-32(26(35)36-8)16-14-30(6)20(21(32)17-27)9-10-24-29(5)18-22(34)25(37-19-33)28(3,4)23(29)11-12-31(24,30)7/h9,19,21-25,34H,10-18H2,1-8H3/t21-,22+,23-,24+,25-,29-,30+,31+,32-/m0/s1. The van der Waals surface area contributed by atoms with Gasteiger partial charge in [0.2, 0.25) is 0 Å². The number of esters is 1. The lowest BCUT2D eigenvalue weighted by molar-refractivity contribution is -0.236. The van der Waals surface area contributed by atoms with Crippen LogP contribution in [0.4, 0.5) is 0 Å². The minimum absolute atomic E-state index is 0.00253. The van der Waals surface area contributed by atoms with E-state index in [-0.39, 0.29) is 44.4 Å². The zero-order chi connectivity index (χ0) is 27.2. The number of aliphatic hydroxyl groups excluding tert-OH is 1. The van der Waals surface area contributed by atoms with Gasteiger partial charge >= 0.3 is 5.97 Å². The molecule has 208 valence electrons. The molecule has 0 aromatic heterocycles. The predicted molar refractivity (Wildman–Crippen MR) is 143 cm³/mol. The topological polar surface area (TPSA) is 72.8 Å². The van der Waals surface area contributed by atoms with Gasteiger partial charge in [-0.25, -0.2) is 0 Å². The Morgan fingerprint density at radius 1 is 0.973 bits per heavy atom. The van der Waals surface area contributed by atoms with E-state index in [4.69, 9.17) is 9.47 Å². The number of allylic oxidation sites excluding steroid dienone is 2. The SMILES string of the molecule is COC(=O)[C@]12CCC(C)(C)C[C@H]1C1=CC[C@@H]3[C@@]4(C)C[C@@H](O)[C@H](OC=O)C(C)(C)[C@@H]4CC[C@@]3(C)[C@]1(C)CC2. The molecule has 9 atom stereocenters. The first kappa shape index (κ1) is 27.2. The van der Waals surface area contributed by atoms with Crippen LogP contribution in [-0.2, 0) is 19.1 Å². The van der Waals surface area contributed by atoms with E-state index in [1.807, 2.05) is 0 Å². The number of fused-ring (bicyclic) bond motifs is 7. The third-order valence-electron chi connectivity index (χ3n) is 13.3. The maximum Gasteiger partial charge on any atom is 0.312 e. The number of rotatable bonds is 3. The second-order valence-corrected chi connectivity index (χ2v) is 15.6. The minimum atomic E-state index is -0.653. The molecule has 0 aromatic rings. The van der Waals surface area contributed by atoms with Crippen LogP contribution in [0.3, 0.4) is 0 Å². The fourth-order valence-electron chi connectivity index (χ4n) is 11.3. The summed E-state index contributed by atoms with van der Waals surface area (Å²) in [6, 6.07) is 0. The Balaban J connectivity index is 1.58. The van der Waals surface area contributed by atoms with Crippen LogP contribution in [0.25, 0.3) is 0 Å². The van der Waals surface area contributed by atoms with Crippen molar-refractivity contribution in [2.45, 2.75) is 118 Å². The minimum Gasteiger partial charge on any atom is -0.469 e. The Kier molecular flexibility index (Phi) is 6.12. The van der Waals surface area contributed by atoms with Crippen LogP contribution < -0.4 is 0 Å². The van der Waals surface area contributed by atoms with Crippen LogP contribution in [0.2, 0.25) is 0 Å². The van der Waals surface area contributed by atoms with E-state index in [9.17, 15) is 14.7 Å². The molecule has 5 aliphatic rings. The van der Waals surface area contributed by atoms with Gasteiger partial charge in [0.25, 0.3) is 6.47 Å². The molecule has 0 radical (unpaired) electrons. The molecular weight excluding hydrogens is 464 g/mol. The summed E-state index contributed by atoms with van der Waals surface area (Å²) in [7, 11) is 1.56. The average Bonchev–Trinajstić information content (AvgIpc) is 2.81. The molecule has 5 nitrogen and oxygen atoms in total. The first-order chi connectivity index (χ1) is 17.1. The summed E-state index contributed by atoms with van der Waals surface area (Å²) in [5.41, 5.74) is 1.11. The summed E-state index contributed by atoms with van der Waals surface area (Å²) in [5, 5.41) is 11.3. The van der Waals surface area contributed by atoms with Crippen LogP contribution in [0.5, 0.6) is 0 Å². The fourth-order valence-corrected chi connectivity index (χ4v) is 11.3. The number of hydrogen-bond acceptors (Lipinski definition) is 5. The van der Waals surface area contributed by atoms with E-state index < -0.39 is 12.2 Å². The van der Waals surface area contributed by atoms with Crippen LogP contribution in [-0.4, -0.2) is 36.9 Å². The van der Waals surface area contributed by atoms with Gasteiger partial charge in [-0.2, -0.15) is 0 Å². The maximum atomic E-state index is 13.4. The van der Waals surface area contributed by atoms with Gasteiger partial charge in [-0.1, -0.05) is 60.1 Å². The number of methoxy groups -OCH3 is 1. The number of ether oxygens (including phenoxy) is 2. The van der Waals surface area contributed by atoms with Crippen molar-refractivity contribution in [3.63, 3.8) is 0 Å². The van der Waals surface area contributed by atoms with Crippen LogP contribution in [0.15, 0.2) is 11.6 Å². The number of carbonyl (C=O) groups excluding carboxylic acids is 2.